The first-order valence-electron chi connectivity index (χ1n) is 13.4. The van der Waals surface area contributed by atoms with E-state index in [2.05, 4.69) is 20.8 Å². The van der Waals surface area contributed by atoms with Crippen molar-refractivity contribution in [1.82, 2.24) is 24.4 Å². The minimum atomic E-state index is -3.59. The van der Waals surface area contributed by atoms with Gasteiger partial charge in [-0.1, -0.05) is 36.0 Å². The highest BCUT2D eigenvalue weighted by Gasteiger charge is 2.27. The predicted octanol–water partition coefficient (Wildman–Crippen LogP) is 3.86. The zero-order valence-corrected chi connectivity index (χ0v) is 24.8. The molecule has 1 aliphatic rings. The van der Waals surface area contributed by atoms with Crippen LogP contribution >= 0.6 is 11.8 Å². The Bertz CT molecular complexity index is 1720. The van der Waals surface area contributed by atoms with Crippen molar-refractivity contribution in [3.63, 3.8) is 0 Å². The number of rotatable bonds is 11. The summed E-state index contributed by atoms with van der Waals surface area (Å²) in [4.78, 5) is 25.7. The molecule has 0 atom stereocenters. The van der Waals surface area contributed by atoms with Crippen molar-refractivity contribution in [1.29, 1.82) is 0 Å². The molecule has 0 saturated carbocycles. The number of anilines is 1. The van der Waals surface area contributed by atoms with E-state index in [1.165, 1.54) is 53.9 Å². The Hall–Kier alpha value is -4.27. The molecule has 0 spiro atoms. The van der Waals surface area contributed by atoms with Crippen molar-refractivity contribution >= 4 is 39.3 Å². The monoisotopic (exact) mass is 624 g/mol. The Labute approximate surface area is 252 Å². The SMILES string of the molecule is COc1ccccc1-n1c(CNC(=O)c2ccc(S(=O)(=O)N3CCCC3)cc2)nnc1SCC(=O)Nc1ccccc1F. The third-order valence-corrected chi connectivity index (χ3v) is 9.57. The Kier molecular flexibility index (Phi) is 9.38. The van der Waals surface area contributed by atoms with Crippen molar-refractivity contribution in [3.8, 4) is 11.4 Å². The zero-order valence-electron chi connectivity index (χ0n) is 23.2. The molecule has 0 bridgehead atoms. The van der Waals surface area contributed by atoms with E-state index in [0.29, 0.717) is 35.5 Å². The van der Waals surface area contributed by atoms with E-state index >= 15 is 0 Å². The number of nitrogens with one attached hydrogen (secondary N) is 2. The number of carbonyl (C=O) groups excluding carboxylic acids is 2. The number of sulfonamides is 1. The highest BCUT2D eigenvalue weighted by atomic mass is 32.2. The van der Waals surface area contributed by atoms with Gasteiger partial charge in [0, 0.05) is 18.7 Å². The molecule has 1 aromatic heterocycles. The Morgan fingerprint density at radius 1 is 0.977 bits per heavy atom. The lowest BCUT2D eigenvalue weighted by atomic mass is 10.2. The van der Waals surface area contributed by atoms with E-state index in [1.807, 2.05) is 0 Å². The minimum Gasteiger partial charge on any atom is -0.495 e. The lowest BCUT2D eigenvalue weighted by Gasteiger charge is -2.16. The van der Waals surface area contributed by atoms with Crippen LogP contribution < -0.4 is 15.4 Å². The number of carbonyl (C=O) groups is 2. The number of halogens is 1. The molecule has 11 nitrogen and oxygen atoms in total. The maximum Gasteiger partial charge on any atom is 0.251 e. The lowest BCUT2D eigenvalue weighted by Crippen LogP contribution is -2.28. The van der Waals surface area contributed by atoms with E-state index in [4.69, 9.17) is 4.74 Å². The molecule has 3 aromatic carbocycles. The Morgan fingerprint density at radius 3 is 2.40 bits per heavy atom. The molecule has 0 radical (unpaired) electrons. The molecule has 0 aliphatic carbocycles. The summed E-state index contributed by atoms with van der Waals surface area (Å²) in [5.41, 5.74) is 0.945. The largest absolute Gasteiger partial charge is 0.495 e. The number of benzene rings is 3. The highest BCUT2D eigenvalue weighted by Crippen LogP contribution is 2.29. The molecule has 1 saturated heterocycles. The molecular weight excluding hydrogens is 595 g/mol. The van der Waals surface area contributed by atoms with Crippen LogP contribution in [-0.2, 0) is 21.4 Å². The summed E-state index contributed by atoms with van der Waals surface area (Å²) in [6.07, 6.45) is 1.67. The Morgan fingerprint density at radius 2 is 1.67 bits per heavy atom. The second kappa shape index (κ2) is 13.4. The van der Waals surface area contributed by atoms with Gasteiger partial charge in [-0.3, -0.25) is 14.2 Å². The van der Waals surface area contributed by atoms with Crippen LogP contribution in [0.5, 0.6) is 5.75 Å². The van der Waals surface area contributed by atoms with Crippen LogP contribution in [0.25, 0.3) is 5.69 Å². The number of hydrogen-bond donors (Lipinski definition) is 2. The first-order chi connectivity index (χ1) is 20.8. The molecule has 1 fully saturated rings. The van der Waals surface area contributed by atoms with Gasteiger partial charge in [-0.25, -0.2) is 12.8 Å². The van der Waals surface area contributed by atoms with Gasteiger partial charge in [-0.15, -0.1) is 10.2 Å². The number of para-hydroxylation sites is 3. The zero-order chi connectivity index (χ0) is 30.4. The van der Waals surface area contributed by atoms with Crippen LogP contribution in [0, 0.1) is 5.82 Å². The van der Waals surface area contributed by atoms with Crippen LogP contribution in [0.4, 0.5) is 10.1 Å². The number of amides is 2. The summed E-state index contributed by atoms with van der Waals surface area (Å²) in [6.45, 7) is 0.960. The van der Waals surface area contributed by atoms with Gasteiger partial charge in [0.1, 0.15) is 11.6 Å². The van der Waals surface area contributed by atoms with Gasteiger partial charge in [0.25, 0.3) is 5.91 Å². The first-order valence-corrected chi connectivity index (χ1v) is 15.8. The number of methoxy groups -OCH3 is 1. The van der Waals surface area contributed by atoms with E-state index in [1.54, 1.807) is 34.9 Å². The third kappa shape index (κ3) is 6.87. The summed E-state index contributed by atoms with van der Waals surface area (Å²) in [6, 6.07) is 18.8. The smallest absolute Gasteiger partial charge is 0.251 e. The average Bonchev–Trinajstić information content (AvgIpc) is 3.71. The van der Waals surface area contributed by atoms with Crippen LogP contribution in [0.1, 0.15) is 29.0 Å². The fraction of sp³-hybridized carbons (Fsp3) is 0.241. The van der Waals surface area contributed by atoms with Crippen molar-refractivity contribution in [2.24, 2.45) is 0 Å². The van der Waals surface area contributed by atoms with E-state index in [-0.39, 0.29) is 28.4 Å². The molecule has 2 amide bonds. The molecule has 4 aromatic rings. The van der Waals surface area contributed by atoms with Gasteiger partial charge in [0.2, 0.25) is 15.9 Å². The summed E-state index contributed by atoms with van der Waals surface area (Å²) in [5.74, 6) is -0.613. The quantitative estimate of drug-likeness (QED) is 0.240. The van der Waals surface area contributed by atoms with Gasteiger partial charge in [-0.2, -0.15) is 4.31 Å². The lowest BCUT2D eigenvalue weighted by molar-refractivity contribution is -0.113. The molecule has 43 heavy (non-hydrogen) atoms. The maximum atomic E-state index is 14.0. The van der Waals surface area contributed by atoms with Gasteiger partial charge in [0.15, 0.2) is 11.0 Å². The van der Waals surface area contributed by atoms with Crippen LogP contribution in [0.3, 0.4) is 0 Å². The summed E-state index contributed by atoms with van der Waals surface area (Å²) < 4.78 is 48.2. The normalized spacial score (nSPS) is 13.5. The average molecular weight is 625 g/mol. The van der Waals surface area contributed by atoms with E-state index < -0.39 is 27.7 Å². The van der Waals surface area contributed by atoms with Crippen molar-refractivity contribution in [3.05, 3.63) is 90.0 Å². The molecular formula is C29H29FN6O5S2. The van der Waals surface area contributed by atoms with E-state index in [0.717, 1.165) is 24.6 Å². The standard InChI is InChI=1S/C29H29FN6O5S2/c1-41-25-11-5-4-10-24(25)36-26(33-34-29(36)42-19-27(37)32-23-9-3-2-8-22(23)30)18-31-28(38)20-12-14-21(15-13-20)43(39,40)35-16-6-7-17-35/h2-5,8-15H,6-7,16-19H2,1H3,(H,31,38)(H,32,37). The van der Waals surface area contributed by atoms with Gasteiger partial charge in [0.05, 0.1) is 35.7 Å². The topological polar surface area (TPSA) is 136 Å². The molecule has 2 N–H and O–H groups in total. The van der Waals surface area contributed by atoms with Crippen molar-refractivity contribution in [2.45, 2.75) is 29.4 Å². The van der Waals surface area contributed by atoms with Crippen LogP contribution in [0.15, 0.2) is 82.8 Å². The fourth-order valence-electron chi connectivity index (χ4n) is 4.56. The third-order valence-electron chi connectivity index (χ3n) is 6.73. The van der Waals surface area contributed by atoms with E-state index in [9.17, 15) is 22.4 Å². The van der Waals surface area contributed by atoms with Gasteiger partial charge >= 0.3 is 0 Å². The summed E-state index contributed by atoms with van der Waals surface area (Å²) in [5, 5.41) is 14.2. The number of aromatic nitrogens is 3. The van der Waals surface area contributed by atoms with Crippen molar-refractivity contribution < 1.29 is 27.1 Å². The number of ether oxygens (including phenoxy) is 1. The van der Waals surface area contributed by atoms with Gasteiger partial charge in [-0.05, 0) is 61.4 Å². The number of thioether (sulfide) groups is 1. The van der Waals surface area contributed by atoms with Crippen LogP contribution in [-0.4, -0.2) is 65.3 Å². The number of hydrogen-bond acceptors (Lipinski definition) is 8. The predicted molar refractivity (Wildman–Crippen MR) is 159 cm³/mol. The summed E-state index contributed by atoms with van der Waals surface area (Å²) in [7, 11) is -2.07. The van der Waals surface area contributed by atoms with Crippen molar-refractivity contribution in [2.75, 3.05) is 31.3 Å². The molecule has 14 heteroatoms. The minimum absolute atomic E-state index is 0.0281. The second-order valence-electron chi connectivity index (χ2n) is 9.54. The second-order valence-corrected chi connectivity index (χ2v) is 12.4. The van der Waals surface area contributed by atoms with Gasteiger partial charge < -0.3 is 15.4 Å². The highest BCUT2D eigenvalue weighted by molar-refractivity contribution is 7.99. The molecule has 0 unspecified atom stereocenters. The maximum absolute atomic E-state index is 14.0. The summed E-state index contributed by atoms with van der Waals surface area (Å²) >= 11 is 1.09. The Balaban J connectivity index is 1.31. The molecule has 1 aliphatic heterocycles. The number of nitrogens with zero attached hydrogens (tertiary/aromatic N) is 4. The van der Waals surface area contributed by atoms with Crippen LogP contribution in [0.2, 0.25) is 0 Å². The molecule has 2 heterocycles. The fourth-order valence-corrected chi connectivity index (χ4v) is 6.84. The molecule has 224 valence electrons. The molecule has 5 rings (SSSR count). The first kappa shape index (κ1) is 30.2.